The molecule has 0 aromatic heterocycles. The molecule has 1 aromatic rings. The van der Waals surface area contributed by atoms with E-state index in [9.17, 15) is 18.0 Å². The highest BCUT2D eigenvalue weighted by atomic mass is 19.4. The van der Waals surface area contributed by atoms with Crippen molar-refractivity contribution in [3.63, 3.8) is 0 Å². The first kappa shape index (κ1) is 15.1. The summed E-state index contributed by atoms with van der Waals surface area (Å²) in [6.45, 7) is 3.35. The third-order valence-corrected chi connectivity index (χ3v) is 2.78. The van der Waals surface area contributed by atoms with Crippen LogP contribution in [0.5, 0.6) is 0 Å². The van der Waals surface area contributed by atoms with E-state index in [4.69, 9.17) is 0 Å². The van der Waals surface area contributed by atoms with E-state index in [1.54, 1.807) is 13.8 Å². The Morgan fingerprint density at radius 2 is 2.00 bits per heavy atom. The predicted molar refractivity (Wildman–Crippen MR) is 73.5 cm³/mol. The van der Waals surface area contributed by atoms with Crippen LogP contribution in [-0.2, 0) is 11.0 Å². The van der Waals surface area contributed by atoms with Gasteiger partial charge in [-0.25, -0.2) is 0 Å². The molecule has 2 N–H and O–H groups in total. The Hall–Kier alpha value is -2.31. The topological polar surface area (TPSA) is 53.5 Å². The van der Waals surface area contributed by atoms with Crippen molar-refractivity contribution in [1.82, 2.24) is 10.9 Å². The number of allylic oxidation sites excluding steroid dienone is 1. The molecule has 0 radical (unpaired) electrons. The van der Waals surface area contributed by atoms with Crippen molar-refractivity contribution < 1.29 is 18.0 Å². The number of rotatable bonds is 2. The predicted octanol–water partition coefficient (Wildman–Crippen LogP) is 2.51. The molecule has 7 heteroatoms. The average molecular weight is 297 g/mol. The molecule has 0 bridgehead atoms. The lowest BCUT2D eigenvalue weighted by atomic mass is 10.0. The first-order valence-electron chi connectivity index (χ1n) is 6.23. The fourth-order valence-corrected chi connectivity index (χ4v) is 1.91. The van der Waals surface area contributed by atoms with Crippen LogP contribution in [0.15, 0.2) is 28.8 Å². The van der Waals surface area contributed by atoms with Crippen molar-refractivity contribution in [2.45, 2.75) is 20.0 Å². The smallest absolute Gasteiger partial charge is 0.282 e. The molecule has 0 spiro atoms. The zero-order chi connectivity index (χ0) is 15.6. The Morgan fingerprint density at radius 1 is 1.29 bits per heavy atom. The zero-order valence-corrected chi connectivity index (χ0v) is 11.5. The molecule has 0 aliphatic carbocycles. The number of nitrogens with zero attached hydrogens (tertiary/aromatic N) is 1. The Morgan fingerprint density at radius 3 is 2.52 bits per heavy atom. The summed E-state index contributed by atoms with van der Waals surface area (Å²) in [5.74, 6) is -0.125. The third kappa shape index (κ3) is 3.62. The highest BCUT2D eigenvalue weighted by Crippen LogP contribution is 2.33. The lowest BCUT2D eigenvalue weighted by molar-refractivity contribution is -0.137. The van der Waals surface area contributed by atoms with Crippen LogP contribution in [0, 0.1) is 0 Å². The number of aliphatic imine (C=N–C) groups is 1. The molecular formula is C14H14F3N3O. The van der Waals surface area contributed by atoms with E-state index in [1.165, 1.54) is 18.2 Å². The highest BCUT2D eigenvalue weighted by molar-refractivity contribution is 6.02. The van der Waals surface area contributed by atoms with Crippen LogP contribution >= 0.6 is 0 Å². The van der Waals surface area contributed by atoms with Gasteiger partial charge in [-0.1, -0.05) is 23.8 Å². The number of hydrazine groups is 1. The van der Waals surface area contributed by atoms with E-state index in [2.05, 4.69) is 15.8 Å². The molecule has 1 aliphatic heterocycles. The second-order valence-electron chi connectivity index (χ2n) is 4.86. The maximum absolute atomic E-state index is 13.1. The van der Waals surface area contributed by atoms with E-state index in [-0.39, 0.29) is 29.4 Å². The van der Waals surface area contributed by atoms with Crippen LogP contribution in [-0.4, -0.2) is 18.3 Å². The fourth-order valence-electron chi connectivity index (χ4n) is 1.91. The number of alkyl halides is 3. The minimum absolute atomic E-state index is 0.103. The van der Waals surface area contributed by atoms with Gasteiger partial charge in [-0.3, -0.25) is 20.6 Å². The second-order valence-corrected chi connectivity index (χ2v) is 4.86. The lowest BCUT2D eigenvalue weighted by Gasteiger charge is -2.18. The van der Waals surface area contributed by atoms with Gasteiger partial charge in [-0.15, -0.1) is 0 Å². The number of benzene rings is 1. The number of amidine groups is 1. The summed E-state index contributed by atoms with van der Waals surface area (Å²) in [7, 11) is 0. The Balaban J connectivity index is 2.47. The number of carbonyl (C=O) groups is 1. The number of hydrogen-bond donors (Lipinski definition) is 2. The van der Waals surface area contributed by atoms with Gasteiger partial charge in [0.05, 0.1) is 5.56 Å². The molecule has 1 amide bonds. The van der Waals surface area contributed by atoms with Gasteiger partial charge >= 0.3 is 6.18 Å². The average Bonchev–Trinajstić information content (AvgIpc) is 2.38. The summed E-state index contributed by atoms with van der Waals surface area (Å²) >= 11 is 0. The van der Waals surface area contributed by atoms with Crippen LogP contribution in [0.3, 0.4) is 0 Å². The molecule has 21 heavy (non-hydrogen) atoms. The number of carbonyl (C=O) groups excluding carboxylic acids is 1. The van der Waals surface area contributed by atoms with Crippen molar-refractivity contribution >= 4 is 17.8 Å². The summed E-state index contributed by atoms with van der Waals surface area (Å²) in [5, 5.41) is 0. The quantitative estimate of drug-likeness (QED) is 0.881. The van der Waals surface area contributed by atoms with Gasteiger partial charge < -0.3 is 0 Å². The van der Waals surface area contributed by atoms with Crippen molar-refractivity contribution in [1.29, 1.82) is 0 Å². The molecule has 112 valence electrons. The molecule has 0 saturated carbocycles. The number of halogens is 3. The van der Waals surface area contributed by atoms with E-state index in [0.717, 1.165) is 11.6 Å². The molecule has 1 heterocycles. The zero-order valence-electron chi connectivity index (χ0n) is 11.5. The Labute approximate surface area is 119 Å². The second kappa shape index (κ2) is 5.59. The third-order valence-electron chi connectivity index (χ3n) is 2.78. The minimum Gasteiger partial charge on any atom is -0.282 e. The van der Waals surface area contributed by atoms with E-state index >= 15 is 0 Å². The Kier molecular flexibility index (Phi) is 4.02. The molecule has 2 rings (SSSR count). The van der Waals surface area contributed by atoms with Crippen molar-refractivity contribution in [3.05, 3.63) is 40.5 Å². The summed E-state index contributed by atoms with van der Waals surface area (Å²) in [4.78, 5) is 14.9. The van der Waals surface area contributed by atoms with Crippen LogP contribution in [0.1, 0.15) is 30.5 Å². The molecule has 1 aliphatic rings. The van der Waals surface area contributed by atoms with Crippen LogP contribution in [0.25, 0.3) is 6.08 Å². The summed E-state index contributed by atoms with van der Waals surface area (Å²) in [5.41, 5.74) is 5.23. The molecule has 0 unspecified atom stereocenters. The molecule has 4 nitrogen and oxygen atoms in total. The molecule has 0 fully saturated rings. The van der Waals surface area contributed by atoms with Gasteiger partial charge in [-0.05, 0) is 25.5 Å². The fraction of sp³-hybridized carbons (Fsp3) is 0.286. The minimum atomic E-state index is -4.46. The molecule has 0 saturated heterocycles. The molecule has 0 atom stereocenters. The maximum Gasteiger partial charge on any atom is 0.417 e. The van der Waals surface area contributed by atoms with Gasteiger partial charge in [0.1, 0.15) is 12.4 Å². The van der Waals surface area contributed by atoms with E-state index in [1.807, 2.05) is 0 Å². The van der Waals surface area contributed by atoms with Crippen molar-refractivity contribution in [3.8, 4) is 0 Å². The lowest BCUT2D eigenvalue weighted by Crippen LogP contribution is -2.47. The molecule has 1 aromatic carbocycles. The normalized spacial score (nSPS) is 14.9. The van der Waals surface area contributed by atoms with E-state index in [0.29, 0.717) is 0 Å². The monoisotopic (exact) mass is 297 g/mol. The van der Waals surface area contributed by atoms with Crippen molar-refractivity contribution in [2.75, 3.05) is 6.54 Å². The van der Waals surface area contributed by atoms with Gasteiger partial charge in [0.15, 0.2) is 0 Å². The molecular weight excluding hydrogens is 283 g/mol. The summed E-state index contributed by atoms with van der Waals surface area (Å²) in [6, 6.07) is 3.96. The first-order chi connectivity index (χ1) is 9.77. The summed E-state index contributed by atoms with van der Waals surface area (Å²) in [6.07, 6.45) is -2.99. The maximum atomic E-state index is 13.1. The van der Waals surface area contributed by atoms with Gasteiger partial charge in [0.25, 0.3) is 5.91 Å². The van der Waals surface area contributed by atoms with Crippen LogP contribution < -0.4 is 10.9 Å². The van der Waals surface area contributed by atoms with Crippen LogP contribution in [0.4, 0.5) is 13.2 Å². The SMILES string of the molecule is CC(C)=Cc1ccc(C2=NCC(=O)NN2)cc1C(F)(F)F. The highest BCUT2D eigenvalue weighted by Gasteiger charge is 2.33. The number of nitrogens with one attached hydrogen (secondary N) is 2. The summed E-state index contributed by atoms with van der Waals surface area (Å²) < 4.78 is 39.4. The van der Waals surface area contributed by atoms with E-state index < -0.39 is 11.7 Å². The van der Waals surface area contributed by atoms with Crippen LogP contribution in [0.2, 0.25) is 0 Å². The number of hydrogen-bond acceptors (Lipinski definition) is 3. The Bertz CT molecular complexity index is 629. The number of amides is 1. The largest absolute Gasteiger partial charge is 0.417 e. The van der Waals surface area contributed by atoms with Gasteiger partial charge in [-0.2, -0.15) is 13.2 Å². The van der Waals surface area contributed by atoms with Gasteiger partial charge in [0.2, 0.25) is 0 Å². The standard InChI is InChI=1S/C14H14F3N3O/c1-8(2)5-9-3-4-10(6-11(9)14(15,16)17)13-18-7-12(21)19-20-13/h3-6H,7H2,1-2H3,(H,18,20)(H,19,21). The van der Waals surface area contributed by atoms with Crippen molar-refractivity contribution in [2.24, 2.45) is 4.99 Å². The van der Waals surface area contributed by atoms with Gasteiger partial charge in [0, 0.05) is 5.56 Å². The first-order valence-corrected chi connectivity index (χ1v) is 6.23.